The summed E-state index contributed by atoms with van der Waals surface area (Å²) in [6.07, 6.45) is -1.90. The Morgan fingerprint density at radius 3 is 2.43 bits per heavy atom. The quantitative estimate of drug-likeness (QED) is 0.461. The van der Waals surface area contributed by atoms with Crippen LogP contribution in [0.2, 0.25) is 0 Å². The lowest BCUT2D eigenvalue weighted by molar-refractivity contribution is -0.0248. The van der Waals surface area contributed by atoms with Gasteiger partial charge in [0.2, 0.25) is 0 Å². The van der Waals surface area contributed by atoms with Crippen molar-refractivity contribution in [2.75, 3.05) is 11.0 Å². The number of carbonyl (C=O) groups excluding carboxylic acids is 1. The summed E-state index contributed by atoms with van der Waals surface area (Å²) in [7, 11) is 0. The molecule has 84 valence electrons. The van der Waals surface area contributed by atoms with E-state index in [0.29, 0.717) is 11.0 Å². The van der Waals surface area contributed by atoms with Crippen molar-refractivity contribution < 1.29 is 14.6 Å². The highest BCUT2D eigenvalue weighted by Crippen LogP contribution is 2.10. The van der Waals surface area contributed by atoms with Crippen LogP contribution < -0.4 is 5.73 Å². The Kier molecular flexibility index (Phi) is 5.68. The van der Waals surface area contributed by atoms with Crippen LogP contribution in [0.25, 0.3) is 0 Å². The molecule has 1 atom stereocenters. The van der Waals surface area contributed by atoms with E-state index in [1.54, 1.807) is 20.8 Å². The molecule has 0 aromatic heterocycles. The maximum atomic E-state index is 11.5. The highest BCUT2D eigenvalue weighted by molar-refractivity contribution is 14.1. The molecule has 1 unspecified atom stereocenters. The summed E-state index contributed by atoms with van der Waals surface area (Å²) in [5.74, 6) is 0. The minimum Gasteiger partial charge on any atom is -0.444 e. The number of nitrogens with two attached hydrogens (primary N) is 1. The molecular formula is C8H17IN2O3. The smallest absolute Gasteiger partial charge is 0.413 e. The van der Waals surface area contributed by atoms with E-state index in [1.807, 2.05) is 0 Å². The van der Waals surface area contributed by atoms with Crippen LogP contribution in [0.5, 0.6) is 0 Å². The van der Waals surface area contributed by atoms with E-state index in [-0.39, 0.29) is 0 Å². The molecule has 5 nitrogen and oxygen atoms in total. The normalized spacial score (nSPS) is 13.6. The number of alkyl halides is 1. The minimum atomic E-state index is -1.31. The fourth-order valence-electron chi connectivity index (χ4n) is 0.743. The predicted molar refractivity (Wildman–Crippen MR) is 62.0 cm³/mol. The number of ether oxygens (including phenoxy) is 1. The van der Waals surface area contributed by atoms with Gasteiger partial charge in [-0.1, -0.05) is 22.6 Å². The Morgan fingerprint density at radius 2 is 2.14 bits per heavy atom. The Balaban J connectivity index is 4.30. The molecule has 0 spiro atoms. The number of carbonyl (C=O) groups is 1. The number of aliphatic hydroxyl groups is 1. The van der Waals surface area contributed by atoms with Gasteiger partial charge in [0, 0.05) is 11.0 Å². The van der Waals surface area contributed by atoms with E-state index in [4.69, 9.17) is 15.6 Å². The fourth-order valence-corrected chi connectivity index (χ4v) is 1.26. The molecule has 0 aromatic rings. The van der Waals surface area contributed by atoms with Crippen molar-refractivity contribution in [1.29, 1.82) is 0 Å². The van der Waals surface area contributed by atoms with E-state index in [2.05, 4.69) is 22.6 Å². The lowest BCUT2D eigenvalue weighted by Crippen LogP contribution is -2.48. The third-order valence-corrected chi connectivity index (χ3v) is 1.76. The number of rotatable bonds is 3. The van der Waals surface area contributed by atoms with Gasteiger partial charge < -0.3 is 9.84 Å². The van der Waals surface area contributed by atoms with E-state index >= 15 is 0 Å². The summed E-state index contributed by atoms with van der Waals surface area (Å²) in [6, 6.07) is 0. The van der Waals surface area contributed by atoms with Gasteiger partial charge in [0.25, 0.3) is 0 Å². The van der Waals surface area contributed by atoms with Gasteiger partial charge in [-0.3, -0.25) is 10.6 Å². The number of halogens is 1. The zero-order chi connectivity index (χ0) is 11.4. The molecule has 0 heterocycles. The summed E-state index contributed by atoms with van der Waals surface area (Å²) < 4.78 is 5.74. The summed E-state index contributed by atoms with van der Waals surface area (Å²) in [4.78, 5) is 12.5. The molecular weight excluding hydrogens is 299 g/mol. The lowest BCUT2D eigenvalue weighted by Gasteiger charge is -2.28. The lowest BCUT2D eigenvalue weighted by atomic mass is 10.2. The summed E-state index contributed by atoms with van der Waals surface area (Å²) >= 11 is 2.09. The van der Waals surface area contributed by atoms with Crippen molar-refractivity contribution in [1.82, 2.24) is 4.90 Å². The first kappa shape index (κ1) is 13.9. The fraction of sp³-hybridized carbons (Fsp3) is 0.875. The van der Waals surface area contributed by atoms with Crippen LogP contribution in [0.1, 0.15) is 20.8 Å². The van der Waals surface area contributed by atoms with E-state index < -0.39 is 18.0 Å². The van der Waals surface area contributed by atoms with Gasteiger partial charge in [0.05, 0.1) is 0 Å². The van der Waals surface area contributed by atoms with Gasteiger partial charge in [-0.15, -0.1) is 0 Å². The van der Waals surface area contributed by atoms with Gasteiger partial charge in [-0.2, -0.15) is 0 Å². The molecule has 1 amide bonds. The second-order valence-corrected chi connectivity index (χ2v) is 4.86. The molecule has 0 saturated carbocycles. The molecule has 0 aliphatic carbocycles. The Hall–Kier alpha value is -0.0800. The molecule has 0 aliphatic rings. The third kappa shape index (κ3) is 5.61. The van der Waals surface area contributed by atoms with Crippen molar-refractivity contribution >= 4 is 28.7 Å². The summed E-state index contributed by atoms with van der Waals surface area (Å²) in [5, 5.41) is 9.11. The molecule has 0 bridgehead atoms. The summed E-state index contributed by atoms with van der Waals surface area (Å²) in [5.41, 5.74) is 4.65. The van der Waals surface area contributed by atoms with Gasteiger partial charge in [-0.25, -0.2) is 4.79 Å². The first-order valence-electron chi connectivity index (χ1n) is 4.27. The van der Waals surface area contributed by atoms with Gasteiger partial charge in [-0.05, 0) is 20.8 Å². The molecule has 0 aliphatic heterocycles. The van der Waals surface area contributed by atoms with Crippen LogP contribution >= 0.6 is 22.6 Å². The molecule has 6 heteroatoms. The van der Waals surface area contributed by atoms with E-state index in [0.717, 1.165) is 4.90 Å². The molecule has 0 aromatic carbocycles. The number of nitrogens with zero attached hydrogens (tertiary/aromatic N) is 1. The standard InChI is InChI=1S/C8H17IN2O3/c1-8(2,3)14-7(13)11(5-4-9)6(10)12/h6,12H,4-5,10H2,1-3H3. The predicted octanol–water partition coefficient (Wildman–Crippen LogP) is 0.893. The van der Waals surface area contributed by atoms with Crippen LogP contribution in [0.15, 0.2) is 0 Å². The molecule has 0 fully saturated rings. The molecule has 3 N–H and O–H groups in total. The van der Waals surface area contributed by atoms with Crippen LogP contribution in [0.4, 0.5) is 4.79 Å². The maximum Gasteiger partial charge on any atom is 0.413 e. The monoisotopic (exact) mass is 316 g/mol. The van der Waals surface area contributed by atoms with E-state index in [1.165, 1.54) is 0 Å². The number of hydrogen-bond donors (Lipinski definition) is 2. The molecule has 14 heavy (non-hydrogen) atoms. The van der Waals surface area contributed by atoms with E-state index in [9.17, 15) is 4.79 Å². The second kappa shape index (κ2) is 5.72. The van der Waals surface area contributed by atoms with Crippen LogP contribution in [-0.2, 0) is 4.74 Å². The Bertz CT molecular complexity index is 192. The number of hydrogen-bond acceptors (Lipinski definition) is 4. The van der Waals surface area contributed by atoms with Crippen molar-refractivity contribution in [3.63, 3.8) is 0 Å². The summed E-state index contributed by atoms with van der Waals surface area (Å²) in [6.45, 7) is 5.65. The third-order valence-electron chi connectivity index (χ3n) is 1.27. The van der Waals surface area contributed by atoms with Gasteiger partial charge >= 0.3 is 6.09 Å². The molecule has 0 rings (SSSR count). The highest BCUT2D eigenvalue weighted by atomic mass is 127. The van der Waals surface area contributed by atoms with Crippen molar-refractivity contribution in [3.8, 4) is 0 Å². The average molecular weight is 316 g/mol. The van der Waals surface area contributed by atoms with Crippen LogP contribution in [0, 0.1) is 0 Å². The second-order valence-electron chi connectivity index (χ2n) is 3.78. The molecule has 0 radical (unpaired) electrons. The Morgan fingerprint density at radius 1 is 1.64 bits per heavy atom. The average Bonchev–Trinajstić information content (AvgIpc) is 1.95. The van der Waals surface area contributed by atoms with Gasteiger partial charge in [0.15, 0.2) is 6.35 Å². The maximum absolute atomic E-state index is 11.5. The first-order chi connectivity index (χ1) is 6.28. The minimum absolute atomic E-state index is 0.368. The number of aliphatic hydroxyl groups excluding tert-OH is 1. The SMILES string of the molecule is CC(C)(C)OC(=O)N(CCI)C(N)O. The number of amides is 1. The van der Waals surface area contributed by atoms with Crippen molar-refractivity contribution in [2.24, 2.45) is 5.73 Å². The first-order valence-corrected chi connectivity index (χ1v) is 5.79. The van der Waals surface area contributed by atoms with Crippen molar-refractivity contribution in [2.45, 2.75) is 32.7 Å². The largest absolute Gasteiger partial charge is 0.444 e. The highest BCUT2D eigenvalue weighted by Gasteiger charge is 2.24. The topological polar surface area (TPSA) is 75.8 Å². The van der Waals surface area contributed by atoms with Gasteiger partial charge in [0.1, 0.15) is 5.60 Å². The Labute approximate surface area is 97.7 Å². The van der Waals surface area contributed by atoms with Crippen molar-refractivity contribution in [3.05, 3.63) is 0 Å². The van der Waals surface area contributed by atoms with Crippen LogP contribution in [0.3, 0.4) is 0 Å². The molecule has 0 saturated heterocycles. The zero-order valence-electron chi connectivity index (χ0n) is 8.66. The zero-order valence-corrected chi connectivity index (χ0v) is 10.8. The van der Waals surface area contributed by atoms with Crippen LogP contribution in [-0.4, -0.2) is 39.0 Å².